The van der Waals surface area contributed by atoms with Crippen molar-refractivity contribution >= 4 is 5.91 Å². The molecule has 0 bridgehead atoms. The second-order valence-electron chi connectivity index (χ2n) is 6.32. The molecule has 2 aliphatic rings. The summed E-state index contributed by atoms with van der Waals surface area (Å²) in [5.41, 5.74) is 2.64. The summed E-state index contributed by atoms with van der Waals surface area (Å²) in [5, 5.41) is 3.16. The van der Waals surface area contributed by atoms with Crippen LogP contribution in [0.5, 0.6) is 0 Å². The molecule has 1 aliphatic heterocycles. The van der Waals surface area contributed by atoms with Gasteiger partial charge in [0.2, 0.25) is 5.91 Å². The maximum absolute atomic E-state index is 12.1. The van der Waals surface area contributed by atoms with E-state index < -0.39 is 0 Å². The summed E-state index contributed by atoms with van der Waals surface area (Å²) in [4.78, 5) is 12.1. The van der Waals surface area contributed by atoms with Gasteiger partial charge < -0.3 is 14.8 Å². The molecule has 1 fully saturated rings. The van der Waals surface area contributed by atoms with E-state index in [1.165, 1.54) is 11.1 Å². The van der Waals surface area contributed by atoms with Gasteiger partial charge in [-0.2, -0.15) is 0 Å². The van der Waals surface area contributed by atoms with Crippen LogP contribution in [0.4, 0.5) is 0 Å². The third-order valence-corrected chi connectivity index (χ3v) is 4.68. The number of carbonyl (C=O) groups is 1. The first-order valence-corrected chi connectivity index (χ1v) is 8.31. The first kappa shape index (κ1) is 15.5. The van der Waals surface area contributed by atoms with E-state index in [2.05, 4.69) is 30.4 Å². The van der Waals surface area contributed by atoms with Crippen LogP contribution in [-0.4, -0.2) is 31.8 Å². The minimum atomic E-state index is 0.0842. The minimum Gasteiger partial charge on any atom is -0.381 e. The minimum absolute atomic E-state index is 0.0842. The Morgan fingerprint density at radius 1 is 1.27 bits per heavy atom. The van der Waals surface area contributed by atoms with E-state index in [4.69, 9.17) is 9.47 Å². The second-order valence-corrected chi connectivity index (χ2v) is 6.32. The predicted molar refractivity (Wildman–Crippen MR) is 84.8 cm³/mol. The van der Waals surface area contributed by atoms with Crippen LogP contribution in [-0.2, 0) is 14.3 Å². The van der Waals surface area contributed by atoms with Crippen LogP contribution in [0.3, 0.4) is 0 Å². The van der Waals surface area contributed by atoms with E-state index in [1.807, 2.05) is 6.07 Å². The van der Waals surface area contributed by atoms with Gasteiger partial charge in [0.1, 0.15) is 0 Å². The molecule has 1 aromatic rings. The molecule has 1 aliphatic carbocycles. The molecule has 0 saturated carbocycles. The van der Waals surface area contributed by atoms with Gasteiger partial charge in [-0.1, -0.05) is 31.2 Å². The Kier molecular flexibility index (Phi) is 5.11. The van der Waals surface area contributed by atoms with Crippen molar-refractivity contribution in [3.05, 3.63) is 35.4 Å². The van der Waals surface area contributed by atoms with Crippen LogP contribution in [0, 0.1) is 0 Å². The molecule has 1 heterocycles. The predicted octanol–water partition coefficient (Wildman–Crippen LogP) is 2.94. The number of nitrogens with one attached hydrogen (secondary N) is 1. The van der Waals surface area contributed by atoms with E-state index in [0.29, 0.717) is 18.9 Å². The molecule has 1 N–H and O–H groups in total. The van der Waals surface area contributed by atoms with Crippen LogP contribution < -0.4 is 5.32 Å². The Bertz CT molecular complexity index is 511. The molecule has 1 saturated heterocycles. The van der Waals surface area contributed by atoms with Gasteiger partial charge in [-0.3, -0.25) is 4.79 Å². The van der Waals surface area contributed by atoms with E-state index >= 15 is 0 Å². The van der Waals surface area contributed by atoms with Crippen molar-refractivity contribution in [3.63, 3.8) is 0 Å². The highest BCUT2D eigenvalue weighted by Crippen LogP contribution is 2.39. The fourth-order valence-corrected chi connectivity index (χ4v) is 3.45. The van der Waals surface area contributed by atoms with Crippen molar-refractivity contribution in [2.45, 2.75) is 50.7 Å². The average molecular weight is 303 g/mol. The highest BCUT2D eigenvalue weighted by molar-refractivity contribution is 5.76. The van der Waals surface area contributed by atoms with Crippen molar-refractivity contribution in [1.29, 1.82) is 0 Å². The number of hydrogen-bond donors (Lipinski definition) is 1. The van der Waals surface area contributed by atoms with Crippen LogP contribution in [0.2, 0.25) is 0 Å². The monoisotopic (exact) mass is 303 g/mol. The molecule has 1 aromatic carbocycles. The van der Waals surface area contributed by atoms with Crippen molar-refractivity contribution < 1.29 is 14.3 Å². The third kappa shape index (κ3) is 3.68. The van der Waals surface area contributed by atoms with E-state index in [0.717, 1.165) is 32.5 Å². The van der Waals surface area contributed by atoms with Crippen LogP contribution in [0.1, 0.15) is 55.7 Å². The molecule has 2 atom stereocenters. The molecule has 0 unspecified atom stereocenters. The van der Waals surface area contributed by atoms with Gasteiger partial charge in [0.25, 0.3) is 0 Å². The maximum atomic E-state index is 12.1. The number of hydrogen-bond acceptors (Lipinski definition) is 3. The van der Waals surface area contributed by atoms with Crippen LogP contribution in [0.25, 0.3) is 0 Å². The Morgan fingerprint density at radius 3 is 2.77 bits per heavy atom. The number of carbonyl (C=O) groups excluding carboxylic acids is 1. The molecule has 4 nitrogen and oxygen atoms in total. The molecular formula is C18H25NO3. The molecule has 4 heteroatoms. The summed E-state index contributed by atoms with van der Waals surface area (Å²) in [6, 6.07) is 8.57. The number of benzene rings is 1. The second kappa shape index (κ2) is 7.25. The van der Waals surface area contributed by atoms with Crippen molar-refractivity contribution in [2.24, 2.45) is 0 Å². The average Bonchev–Trinajstić information content (AvgIpc) is 2.85. The highest BCUT2D eigenvalue weighted by Gasteiger charge is 2.28. The standard InChI is InChI=1S/C18H25NO3/c1-13-12-17(16-5-3-2-4-15(13)16)19-18(20)8-11-22-14-6-9-21-10-7-14/h2-5,13-14,17H,6-12H2,1H3,(H,19,20)/t13-,17+/m0/s1. The van der Waals surface area contributed by atoms with E-state index in [9.17, 15) is 4.79 Å². The van der Waals surface area contributed by atoms with Gasteiger partial charge >= 0.3 is 0 Å². The quantitative estimate of drug-likeness (QED) is 0.910. The first-order valence-electron chi connectivity index (χ1n) is 8.31. The summed E-state index contributed by atoms with van der Waals surface area (Å²) in [6.07, 6.45) is 3.56. The zero-order valence-corrected chi connectivity index (χ0v) is 13.2. The zero-order chi connectivity index (χ0) is 15.4. The fraction of sp³-hybridized carbons (Fsp3) is 0.611. The number of rotatable bonds is 5. The Hall–Kier alpha value is -1.39. The van der Waals surface area contributed by atoms with Gasteiger partial charge in [-0.05, 0) is 36.3 Å². The van der Waals surface area contributed by atoms with Crippen molar-refractivity contribution in [3.8, 4) is 0 Å². The fourth-order valence-electron chi connectivity index (χ4n) is 3.45. The zero-order valence-electron chi connectivity index (χ0n) is 13.2. The topological polar surface area (TPSA) is 47.6 Å². The molecule has 0 aromatic heterocycles. The number of ether oxygens (including phenoxy) is 2. The largest absolute Gasteiger partial charge is 0.381 e. The Morgan fingerprint density at radius 2 is 2.00 bits per heavy atom. The smallest absolute Gasteiger partial charge is 0.222 e. The lowest BCUT2D eigenvalue weighted by atomic mass is 10.0. The third-order valence-electron chi connectivity index (χ3n) is 4.68. The SMILES string of the molecule is C[C@H]1C[C@@H](NC(=O)CCOC2CCOCC2)c2ccccc21. The summed E-state index contributed by atoms with van der Waals surface area (Å²) in [6.45, 7) is 4.26. The van der Waals surface area contributed by atoms with E-state index in [-0.39, 0.29) is 18.1 Å². The van der Waals surface area contributed by atoms with Crippen molar-refractivity contribution in [2.75, 3.05) is 19.8 Å². The lowest BCUT2D eigenvalue weighted by Crippen LogP contribution is -2.29. The highest BCUT2D eigenvalue weighted by atomic mass is 16.5. The summed E-state index contributed by atoms with van der Waals surface area (Å²) < 4.78 is 11.1. The van der Waals surface area contributed by atoms with Crippen LogP contribution >= 0.6 is 0 Å². The van der Waals surface area contributed by atoms with Crippen LogP contribution in [0.15, 0.2) is 24.3 Å². The van der Waals surface area contributed by atoms with Gasteiger partial charge in [-0.25, -0.2) is 0 Å². The lowest BCUT2D eigenvalue weighted by Gasteiger charge is -2.22. The molecule has 120 valence electrons. The van der Waals surface area contributed by atoms with Crippen molar-refractivity contribution in [1.82, 2.24) is 5.32 Å². The normalized spacial score (nSPS) is 25.0. The number of amides is 1. The molecular weight excluding hydrogens is 278 g/mol. The maximum Gasteiger partial charge on any atom is 0.222 e. The summed E-state index contributed by atoms with van der Waals surface area (Å²) in [5.74, 6) is 0.598. The molecule has 3 rings (SSSR count). The molecule has 0 spiro atoms. The van der Waals surface area contributed by atoms with Gasteiger partial charge in [0.15, 0.2) is 0 Å². The van der Waals surface area contributed by atoms with Gasteiger partial charge in [0, 0.05) is 19.6 Å². The molecule has 1 amide bonds. The lowest BCUT2D eigenvalue weighted by molar-refractivity contribution is -0.124. The molecule has 22 heavy (non-hydrogen) atoms. The number of fused-ring (bicyclic) bond motifs is 1. The summed E-state index contributed by atoms with van der Waals surface area (Å²) >= 11 is 0. The Balaban J connectivity index is 1.44. The Labute approximate surface area is 132 Å². The first-order chi connectivity index (χ1) is 10.7. The molecule has 0 radical (unpaired) electrons. The summed E-state index contributed by atoms with van der Waals surface area (Å²) in [7, 11) is 0. The van der Waals surface area contributed by atoms with Gasteiger partial charge in [0.05, 0.1) is 18.8 Å². The van der Waals surface area contributed by atoms with E-state index in [1.54, 1.807) is 0 Å². The van der Waals surface area contributed by atoms with Gasteiger partial charge in [-0.15, -0.1) is 0 Å².